The second kappa shape index (κ2) is 10.4. The van der Waals surface area contributed by atoms with E-state index in [4.69, 9.17) is 9.72 Å². The molecule has 0 saturated heterocycles. The normalized spacial score (nSPS) is 10.6. The zero-order valence-corrected chi connectivity index (χ0v) is 17.7. The summed E-state index contributed by atoms with van der Waals surface area (Å²) in [5, 5.41) is 4.30. The van der Waals surface area contributed by atoms with Crippen LogP contribution in [0.4, 0.5) is 17.5 Å². The van der Waals surface area contributed by atoms with E-state index in [1.54, 1.807) is 7.11 Å². The number of esters is 1. The van der Waals surface area contributed by atoms with Crippen LogP contribution < -0.4 is 15.0 Å². The lowest BCUT2D eigenvalue weighted by molar-refractivity contribution is -0.140. The molecule has 0 spiro atoms. The molecule has 1 aromatic heterocycles. The number of nitrogens with zero attached hydrogens (tertiary/aromatic N) is 3. The Labute approximate surface area is 177 Å². The van der Waals surface area contributed by atoms with Crippen molar-refractivity contribution in [3.8, 4) is 5.75 Å². The second-order valence-corrected chi connectivity index (χ2v) is 6.96. The fourth-order valence-corrected chi connectivity index (χ4v) is 3.20. The van der Waals surface area contributed by atoms with Crippen LogP contribution >= 0.6 is 0 Å². The maximum Gasteiger partial charge on any atom is 0.305 e. The van der Waals surface area contributed by atoms with E-state index >= 15 is 0 Å². The minimum absolute atomic E-state index is 0.160. The van der Waals surface area contributed by atoms with Crippen molar-refractivity contribution in [2.24, 2.45) is 0 Å². The highest BCUT2D eigenvalue weighted by atomic mass is 16.5. The Morgan fingerprint density at radius 3 is 2.50 bits per heavy atom. The van der Waals surface area contributed by atoms with Gasteiger partial charge in [-0.25, -0.2) is 4.98 Å². The van der Waals surface area contributed by atoms with Gasteiger partial charge in [0.25, 0.3) is 0 Å². The lowest BCUT2D eigenvalue weighted by atomic mass is 10.2. The van der Waals surface area contributed by atoms with Crippen molar-refractivity contribution >= 4 is 34.3 Å². The van der Waals surface area contributed by atoms with Gasteiger partial charge in [-0.3, -0.25) is 4.79 Å². The molecule has 7 nitrogen and oxygen atoms in total. The van der Waals surface area contributed by atoms with Gasteiger partial charge in [-0.15, -0.1) is 0 Å². The van der Waals surface area contributed by atoms with Gasteiger partial charge in [-0.1, -0.05) is 18.6 Å². The molecule has 0 aliphatic rings. The number of benzene rings is 2. The van der Waals surface area contributed by atoms with Gasteiger partial charge in [0.15, 0.2) is 0 Å². The summed E-state index contributed by atoms with van der Waals surface area (Å²) in [6.45, 7) is 0.741. The van der Waals surface area contributed by atoms with Crippen molar-refractivity contribution in [3.05, 3.63) is 48.5 Å². The lowest BCUT2D eigenvalue weighted by Crippen LogP contribution is -2.14. The summed E-state index contributed by atoms with van der Waals surface area (Å²) in [6.07, 6.45) is 3.14. The molecule has 0 unspecified atom stereocenters. The van der Waals surface area contributed by atoms with Gasteiger partial charge in [-0.2, -0.15) is 4.98 Å². The summed E-state index contributed by atoms with van der Waals surface area (Å²) in [6, 6.07) is 15.9. The molecule has 0 fully saturated rings. The van der Waals surface area contributed by atoms with Gasteiger partial charge in [0.05, 0.1) is 19.7 Å². The van der Waals surface area contributed by atoms with E-state index in [1.165, 1.54) is 7.11 Å². The number of ether oxygens (including phenoxy) is 2. The third-order valence-electron chi connectivity index (χ3n) is 4.93. The minimum Gasteiger partial charge on any atom is -0.497 e. The Bertz CT molecular complexity index is 976. The predicted molar refractivity (Wildman–Crippen MR) is 120 cm³/mol. The second-order valence-electron chi connectivity index (χ2n) is 6.96. The third-order valence-corrected chi connectivity index (χ3v) is 4.93. The van der Waals surface area contributed by atoms with Crippen molar-refractivity contribution in [3.63, 3.8) is 0 Å². The van der Waals surface area contributed by atoms with Crippen LogP contribution in [0.1, 0.15) is 25.7 Å². The van der Waals surface area contributed by atoms with Crippen LogP contribution in [0.25, 0.3) is 10.9 Å². The van der Waals surface area contributed by atoms with Crippen molar-refractivity contribution in [2.75, 3.05) is 38.0 Å². The number of rotatable bonds is 10. The van der Waals surface area contributed by atoms with Crippen LogP contribution in [0.5, 0.6) is 5.75 Å². The van der Waals surface area contributed by atoms with E-state index in [1.807, 2.05) is 60.5 Å². The zero-order valence-electron chi connectivity index (χ0n) is 17.7. The summed E-state index contributed by atoms with van der Waals surface area (Å²) in [7, 11) is 5.07. The van der Waals surface area contributed by atoms with Gasteiger partial charge >= 0.3 is 5.97 Å². The third kappa shape index (κ3) is 5.37. The summed E-state index contributed by atoms with van der Waals surface area (Å²) >= 11 is 0. The maximum absolute atomic E-state index is 11.2. The number of carbonyl (C=O) groups is 1. The fraction of sp³-hybridized carbons (Fsp3) is 0.348. The molecule has 7 heteroatoms. The molecule has 0 saturated carbocycles. The molecule has 158 valence electrons. The van der Waals surface area contributed by atoms with Crippen LogP contribution in [-0.2, 0) is 9.53 Å². The van der Waals surface area contributed by atoms with E-state index in [0.717, 1.165) is 54.0 Å². The molecule has 1 N–H and O–H groups in total. The molecule has 0 aliphatic carbocycles. The van der Waals surface area contributed by atoms with Gasteiger partial charge in [0, 0.05) is 31.1 Å². The smallest absolute Gasteiger partial charge is 0.305 e. The summed E-state index contributed by atoms with van der Waals surface area (Å²) in [5.74, 6) is 2.08. The number of aromatic nitrogens is 2. The molecule has 0 atom stereocenters. The van der Waals surface area contributed by atoms with Crippen molar-refractivity contribution in [1.29, 1.82) is 0 Å². The largest absolute Gasteiger partial charge is 0.497 e. The standard InChI is InChI=1S/C23H28N4O3/c1-27(17-12-14-18(29-2)15-13-17)22-19-9-6-7-10-20(19)25-23(26-22)24-16-8-4-5-11-21(28)30-3/h6-7,9-10,12-15H,4-5,8,11,16H2,1-3H3,(H,24,25,26). The molecular weight excluding hydrogens is 380 g/mol. The summed E-state index contributed by atoms with van der Waals surface area (Å²) in [4.78, 5) is 22.7. The number of para-hydroxylation sites is 1. The average Bonchev–Trinajstić information content (AvgIpc) is 2.80. The molecule has 0 amide bonds. The Morgan fingerprint density at radius 1 is 1.00 bits per heavy atom. The first kappa shape index (κ1) is 21.4. The monoisotopic (exact) mass is 408 g/mol. The summed E-state index contributed by atoms with van der Waals surface area (Å²) in [5.41, 5.74) is 1.89. The average molecular weight is 409 g/mol. The molecule has 0 aliphatic heterocycles. The highest BCUT2D eigenvalue weighted by Gasteiger charge is 2.13. The Kier molecular flexibility index (Phi) is 7.43. The van der Waals surface area contributed by atoms with Gasteiger partial charge in [0.1, 0.15) is 11.6 Å². The van der Waals surface area contributed by atoms with E-state index in [0.29, 0.717) is 12.4 Å². The fourth-order valence-electron chi connectivity index (χ4n) is 3.20. The Morgan fingerprint density at radius 2 is 1.77 bits per heavy atom. The molecular formula is C23H28N4O3. The predicted octanol–water partition coefficient (Wildman–Crippen LogP) is 4.55. The highest BCUT2D eigenvalue weighted by molar-refractivity contribution is 5.92. The molecule has 0 bridgehead atoms. The topological polar surface area (TPSA) is 76.6 Å². The first-order valence-electron chi connectivity index (χ1n) is 10.1. The number of nitrogens with one attached hydrogen (secondary N) is 1. The molecule has 30 heavy (non-hydrogen) atoms. The number of unbranched alkanes of at least 4 members (excludes halogenated alkanes) is 2. The van der Waals surface area contributed by atoms with E-state index < -0.39 is 0 Å². The van der Waals surface area contributed by atoms with Gasteiger partial charge < -0.3 is 19.7 Å². The number of fused-ring (bicyclic) bond motifs is 1. The Balaban J connectivity index is 1.73. The lowest BCUT2D eigenvalue weighted by Gasteiger charge is -2.21. The SMILES string of the molecule is COC(=O)CCCCCNc1nc(N(C)c2ccc(OC)cc2)c2ccccc2n1. The minimum atomic E-state index is -0.160. The highest BCUT2D eigenvalue weighted by Crippen LogP contribution is 2.30. The van der Waals surface area contributed by atoms with Crippen LogP contribution in [0.2, 0.25) is 0 Å². The van der Waals surface area contributed by atoms with Crippen LogP contribution in [0, 0.1) is 0 Å². The number of carbonyl (C=O) groups excluding carboxylic acids is 1. The number of methoxy groups -OCH3 is 2. The molecule has 2 aromatic carbocycles. The van der Waals surface area contributed by atoms with Crippen LogP contribution in [-0.4, -0.2) is 43.7 Å². The number of anilines is 3. The quantitative estimate of drug-likeness (QED) is 0.389. The van der Waals surface area contributed by atoms with E-state index in [9.17, 15) is 4.79 Å². The number of hydrogen-bond acceptors (Lipinski definition) is 7. The van der Waals surface area contributed by atoms with Gasteiger partial charge in [0.2, 0.25) is 5.95 Å². The van der Waals surface area contributed by atoms with E-state index in [2.05, 4.69) is 15.0 Å². The van der Waals surface area contributed by atoms with Crippen molar-refractivity contribution in [1.82, 2.24) is 9.97 Å². The maximum atomic E-state index is 11.2. The van der Waals surface area contributed by atoms with Crippen molar-refractivity contribution in [2.45, 2.75) is 25.7 Å². The molecule has 1 heterocycles. The van der Waals surface area contributed by atoms with Crippen LogP contribution in [0.3, 0.4) is 0 Å². The summed E-state index contributed by atoms with van der Waals surface area (Å²) < 4.78 is 9.92. The van der Waals surface area contributed by atoms with E-state index in [-0.39, 0.29) is 5.97 Å². The first-order valence-corrected chi connectivity index (χ1v) is 10.1. The molecule has 3 rings (SSSR count). The number of hydrogen-bond donors (Lipinski definition) is 1. The van der Waals surface area contributed by atoms with Gasteiger partial charge in [-0.05, 0) is 49.2 Å². The molecule has 3 aromatic rings. The zero-order chi connectivity index (χ0) is 21.3. The van der Waals surface area contributed by atoms with Crippen molar-refractivity contribution < 1.29 is 14.3 Å². The first-order chi connectivity index (χ1) is 14.6. The Hall–Kier alpha value is -3.35. The van der Waals surface area contributed by atoms with Crippen LogP contribution in [0.15, 0.2) is 48.5 Å². The molecule has 0 radical (unpaired) electrons.